The van der Waals surface area contributed by atoms with Crippen LogP contribution in [-0.2, 0) is 10.2 Å². The van der Waals surface area contributed by atoms with Crippen LogP contribution in [0.1, 0.15) is 38.2 Å². The zero-order valence-electron chi connectivity index (χ0n) is 10.1. The molecule has 3 nitrogen and oxygen atoms in total. The van der Waals surface area contributed by atoms with Crippen LogP contribution in [0.2, 0.25) is 0 Å². The van der Waals surface area contributed by atoms with E-state index >= 15 is 0 Å². The number of nitrogens with two attached hydrogens (primary N) is 1. The largest absolute Gasteiger partial charge is 0.311 e. The molecule has 0 saturated heterocycles. The predicted molar refractivity (Wildman–Crippen MR) is 67.7 cm³/mol. The molecule has 1 amide bonds. The van der Waals surface area contributed by atoms with Gasteiger partial charge in [0.25, 0.3) is 0 Å². The lowest BCUT2D eigenvalue weighted by Gasteiger charge is -2.25. The number of rotatable bonds is 1. The molecule has 1 heterocycles. The second kappa shape index (κ2) is 3.57. The molecule has 1 atom stereocenters. The molecule has 1 saturated carbocycles. The molecule has 3 heteroatoms. The van der Waals surface area contributed by atoms with Crippen molar-refractivity contribution in [3.63, 3.8) is 0 Å². The van der Waals surface area contributed by atoms with Crippen molar-refractivity contribution in [2.45, 2.75) is 44.2 Å². The van der Waals surface area contributed by atoms with Gasteiger partial charge in [0, 0.05) is 5.69 Å². The smallest absolute Gasteiger partial charge is 0.239 e. The van der Waals surface area contributed by atoms with E-state index in [2.05, 4.69) is 6.07 Å². The summed E-state index contributed by atoms with van der Waals surface area (Å²) in [5.74, 6) is 0.214. The molecule has 17 heavy (non-hydrogen) atoms. The number of carbonyl (C=O) groups is 1. The number of nitrogens with zero attached hydrogens (tertiary/aromatic N) is 1. The highest BCUT2D eigenvalue weighted by atomic mass is 16.2. The molecule has 1 aromatic rings. The molecule has 1 aliphatic carbocycles. The van der Waals surface area contributed by atoms with E-state index in [1.807, 2.05) is 25.1 Å². The molecule has 1 aromatic carbocycles. The van der Waals surface area contributed by atoms with Gasteiger partial charge in [-0.05, 0) is 31.4 Å². The predicted octanol–water partition coefficient (Wildman–Crippen LogP) is 2.15. The number of benzene rings is 1. The van der Waals surface area contributed by atoms with Gasteiger partial charge in [-0.3, -0.25) is 9.69 Å². The van der Waals surface area contributed by atoms with E-state index in [0.29, 0.717) is 0 Å². The van der Waals surface area contributed by atoms with Gasteiger partial charge in [-0.25, -0.2) is 0 Å². The van der Waals surface area contributed by atoms with Crippen LogP contribution in [0.25, 0.3) is 0 Å². The first-order valence-electron chi connectivity index (χ1n) is 6.35. The van der Waals surface area contributed by atoms with Crippen LogP contribution in [-0.4, -0.2) is 12.1 Å². The van der Waals surface area contributed by atoms with Gasteiger partial charge >= 0.3 is 0 Å². The second-order valence-electron chi connectivity index (χ2n) is 5.22. The van der Waals surface area contributed by atoms with E-state index in [9.17, 15) is 4.79 Å². The molecular weight excluding hydrogens is 212 g/mol. The van der Waals surface area contributed by atoms with Gasteiger partial charge in [-0.2, -0.15) is 0 Å². The monoisotopic (exact) mass is 230 g/mol. The lowest BCUT2D eigenvalue weighted by molar-refractivity contribution is -0.123. The Morgan fingerprint density at radius 2 is 1.94 bits per heavy atom. The van der Waals surface area contributed by atoms with E-state index in [0.717, 1.165) is 31.4 Å². The first-order chi connectivity index (χ1) is 8.17. The number of hydrogen-bond donors (Lipinski definition) is 1. The maximum Gasteiger partial charge on any atom is 0.239 e. The molecule has 2 N–H and O–H groups in total. The van der Waals surface area contributed by atoms with Crippen LogP contribution in [0.5, 0.6) is 0 Å². The summed E-state index contributed by atoms with van der Waals surface area (Å²) in [4.78, 5) is 14.5. The molecule has 1 aliphatic heterocycles. The Morgan fingerprint density at radius 3 is 2.59 bits per heavy atom. The van der Waals surface area contributed by atoms with E-state index in [4.69, 9.17) is 5.73 Å². The molecule has 2 aliphatic rings. The molecular formula is C14H18N2O. The summed E-state index contributed by atoms with van der Waals surface area (Å²) in [6.45, 7) is 1.88. The molecule has 0 bridgehead atoms. The van der Waals surface area contributed by atoms with E-state index < -0.39 is 0 Å². The van der Waals surface area contributed by atoms with Crippen molar-refractivity contribution in [3.05, 3.63) is 29.8 Å². The summed E-state index contributed by atoms with van der Waals surface area (Å²) in [6.07, 6.45) is 4.00. The number of amides is 1. The normalized spacial score (nSPS) is 23.2. The van der Waals surface area contributed by atoms with Crippen LogP contribution in [0.3, 0.4) is 0 Å². The van der Waals surface area contributed by atoms with Crippen molar-refractivity contribution in [2.24, 2.45) is 5.73 Å². The maximum atomic E-state index is 12.7. The van der Waals surface area contributed by atoms with Crippen LogP contribution in [0, 0.1) is 0 Å². The zero-order chi connectivity index (χ0) is 12.0. The first-order valence-corrected chi connectivity index (χ1v) is 6.35. The van der Waals surface area contributed by atoms with Crippen LogP contribution in [0.15, 0.2) is 24.3 Å². The van der Waals surface area contributed by atoms with Gasteiger partial charge in [0.1, 0.15) is 0 Å². The molecule has 0 aromatic heterocycles. The van der Waals surface area contributed by atoms with Gasteiger partial charge in [0.05, 0.1) is 11.6 Å². The minimum absolute atomic E-state index is 0.214. The quantitative estimate of drug-likeness (QED) is 0.803. The van der Waals surface area contributed by atoms with Crippen molar-refractivity contribution >= 4 is 11.6 Å². The topological polar surface area (TPSA) is 46.3 Å². The average Bonchev–Trinajstić information content (AvgIpc) is 2.87. The summed E-state index contributed by atoms with van der Waals surface area (Å²) in [7, 11) is 0. The lowest BCUT2D eigenvalue weighted by Crippen LogP contribution is -2.46. The number of carbonyl (C=O) groups excluding carboxylic acids is 1. The van der Waals surface area contributed by atoms with Crippen molar-refractivity contribution in [1.29, 1.82) is 0 Å². The van der Waals surface area contributed by atoms with Crippen molar-refractivity contribution in [1.82, 2.24) is 0 Å². The Balaban J connectivity index is 2.18. The summed E-state index contributed by atoms with van der Waals surface area (Å²) in [6, 6.07) is 8.12. The number of fused-ring (bicyclic) bond motifs is 2. The summed E-state index contributed by atoms with van der Waals surface area (Å²) >= 11 is 0. The van der Waals surface area contributed by atoms with Crippen molar-refractivity contribution in [2.75, 3.05) is 4.90 Å². The van der Waals surface area contributed by atoms with E-state index in [-0.39, 0.29) is 17.5 Å². The SMILES string of the molecule is CC(N)N1C(=O)C2(CCCC2)c2ccccc21. The van der Waals surface area contributed by atoms with Gasteiger partial charge < -0.3 is 5.73 Å². The average molecular weight is 230 g/mol. The lowest BCUT2D eigenvalue weighted by atomic mass is 9.80. The fourth-order valence-electron chi connectivity index (χ4n) is 3.41. The maximum absolute atomic E-state index is 12.7. The third-order valence-electron chi connectivity index (χ3n) is 4.17. The minimum Gasteiger partial charge on any atom is -0.311 e. The third-order valence-corrected chi connectivity index (χ3v) is 4.17. The molecule has 90 valence electrons. The van der Waals surface area contributed by atoms with Gasteiger partial charge in [-0.1, -0.05) is 31.0 Å². The Morgan fingerprint density at radius 1 is 1.29 bits per heavy atom. The Bertz CT molecular complexity index is 461. The minimum atomic E-state index is -0.260. The van der Waals surface area contributed by atoms with Gasteiger partial charge in [0.2, 0.25) is 5.91 Å². The Hall–Kier alpha value is -1.35. The van der Waals surface area contributed by atoms with Gasteiger partial charge in [-0.15, -0.1) is 0 Å². The van der Waals surface area contributed by atoms with Crippen LogP contribution >= 0.6 is 0 Å². The van der Waals surface area contributed by atoms with Gasteiger partial charge in [0.15, 0.2) is 0 Å². The van der Waals surface area contributed by atoms with Crippen molar-refractivity contribution < 1.29 is 4.79 Å². The molecule has 1 fully saturated rings. The standard InChI is InChI=1S/C14H18N2O/c1-10(15)16-12-7-3-2-6-11(12)14(13(16)17)8-4-5-9-14/h2-3,6-7,10H,4-5,8-9,15H2,1H3. The Kier molecular flexibility index (Phi) is 2.26. The molecule has 3 rings (SSSR count). The van der Waals surface area contributed by atoms with Crippen LogP contribution < -0.4 is 10.6 Å². The number of anilines is 1. The fourth-order valence-corrected chi connectivity index (χ4v) is 3.41. The summed E-state index contributed by atoms with van der Waals surface area (Å²) in [5.41, 5.74) is 7.92. The zero-order valence-corrected chi connectivity index (χ0v) is 10.1. The summed E-state index contributed by atoms with van der Waals surface area (Å²) in [5, 5.41) is 0. The number of hydrogen-bond acceptors (Lipinski definition) is 2. The second-order valence-corrected chi connectivity index (χ2v) is 5.22. The number of para-hydroxylation sites is 1. The van der Waals surface area contributed by atoms with Crippen molar-refractivity contribution in [3.8, 4) is 0 Å². The van der Waals surface area contributed by atoms with E-state index in [1.54, 1.807) is 4.90 Å². The first kappa shape index (κ1) is 10.8. The van der Waals surface area contributed by atoms with E-state index in [1.165, 1.54) is 5.56 Å². The highest BCUT2D eigenvalue weighted by Crippen LogP contribution is 2.51. The highest BCUT2D eigenvalue weighted by Gasteiger charge is 2.52. The summed E-state index contributed by atoms with van der Waals surface area (Å²) < 4.78 is 0. The van der Waals surface area contributed by atoms with Crippen LogP contribution in [0.4, 0.5) is 5.69 Å². The fraction of sp³-hybridized carbons (Fsp3) is 0.500. The highest BCUT2D eigenvalue weighted by molar-refractivity contribution is 6.08. The molecule has 1 unspecified atom stereocenters. The molecule has 1 spiro atoms. The third kappa shape index (κ3) is 1.29. The molecule has 0 radical (unpaired) electrons. The Labute approximate surface area is 102 Å².